The summed E-state index contributed by atoms with van der Waals surface area (Å²) in [7, 11) is 0. The van der Waals surface area contributed by atoms with E-state index in [2.05, 4.69) is 35.6 Å². The second kappa shape index (κ2) is 9.11. The molecule has 1 fully saturated rings. The van der Waals surface area contributed by atoms with Crippen molar-refractivity contribution in [2.75, 3.05) is 18.9 Å². The third-order valence-electron chi connectivity index (χ3n) is 5.36. The molecule has 5 atom stereocenters. The largest absolute Gasteiger partial charge is 0.463 e. The highest BCUT2D eigenvalue weighted by Crippen LogP contribution is 2.35. The molecule has 1 aliphatic heterocycles. The fourth-order valence-electron chi connectivity index (χ4n) is 3.63. The Kier molecular flexibility index (Phi) is 6.40. The minimum atomic E-state index is -1.66. The monoisotopic (exact) mass is 483 g/mol. The van der Waals surface area contributed by atoms with Crippen LogP contribution in [0.5, 0.6) is 0 Å². The first kappa shape index (κ1) is 23.2. The molecule has 4 heterocycles. The average Bonchev–Trinajstić information content (AvgIpc) is 3.51. The predicted octanol–water partition coefficient (Wildman–Crippen LogP) is -0.921. The van der Waals surface area contributed by atoms with Crippen LogP contribution in [0.25, 0.3) is 11.2 Å². The Labute approximate surface area is 191 Å². The number of hydrogen-bond donors (Lipinski definition) is 4. The maximum atomic E-state index is 12.7. The van der Waals surface area contributed by atoms with E-state index in [9.17, 15) is 15.0 Å². The molecule has 178 valence electrons. The number of tetrazole rings is 1. The summed E-state index contributed by atoms with van der Waals surface area (Å²) >= 11 is 5.89. The second-order valence-corrected chi connectivity index (χ2v) is 7.55. The van der Waals surface area contributed by atoms with Crippen molar-refractivity contribution in [3.63, 3.8) is 0 Å². The van der Waals surface area contributed by atoms with Crippen LogP contribution in [-0.4, -0.2) is 87.9 Å². The van der Waals surface area contributed by atoms with Gasteiger partial charge in [-0.15, -0.1) is 5.10 Å². The quantitative estimate of drug-likeness (QED) is 0.226. The van der Waals surface area contributed by atoms with Crippen molar-refractivity contribution >= 4 is 34.6 Å². The molecule has 0 radical (unpaired) electrons. The molecular weight excluding hydrogens is 462 g/mol. The summed E-state index contributed by atoms with van der Waals surface area (Å²) in [6.07, 6.45) is -3.41. The van der Waals surface area contributed by atoms with Gasteiger partial charge in [0.25, 0.3) is 0 Å². The fourth-order valence-corrected chi connectivity index (χ4v) is 3.80. The molecule has 0 saturated carbocycles. The molecule has 3 aromatic rings. The Morgan fingerprint density at radius 3 is 2.82 bits per heavy atom. The maximum absolute atomic E-state index is 12.7. The van der Waals surface area contributed by atoms with Gasteiger partial charge in [0.05, 0.1) is 19.5 Å². The van der Waals surface area contributed by atoms with Gasteiger partial charge < -0.3 is 30.2 Å². The minimum Gasteiger partial charge on any atom is -0.463 e. The van der Waals surface area contributed by atoms with Gasteiger partial charge in [-0.25, -0.2) is 14.9 Å². The van der Waals surface area contributed by atoms with E-state index in [-0.39, 0.29) is 47.7 Å². The van der Waals surface area contributed by atoms with Gasteiger partial charge in [-0.1, -0.05) is 6.92 Å². The summed E-state index contributed by atoms with van der Waals surface area (Å²) in [5, 5.41) is 34.5. The van der Waals surface area contributed by atoms with Crippen LogP contribution in [0.1, 0.15) is 32.3 Å². The number of nitrogens with two attached hydrogens (primary N) is 1. The van der Waals surface area contributed by atoms with Crippen LogP contribution < -0.4 is 5.73 Å². The van der Waals surface area contributed by atoms with Crippen molar-refractivity contribution in [3.8, 4) is 0 Å². The number of nitrogens with zero attached hydrogens (tertiary/aromatic N) is 7. The van der Waals surface area contributed by atoms with E-state index in [4.69, 9.17) is 31.5 Å². The lowest BCUT2D eigenvalue weighted by Crippen LogP contribution is -2.44. The van der Waals surface area contributed by atoms with E-state index in [0.717, 1.165) is 0 Å². The Hall–Kier alpha value is -2.98. The summed E-state index contributed by atoms with van der Waals surface area (Å²) in [6.45, 7) is 3.15. The van der Waals surface area contributed by atoms with Gasteiger partial charge in [0.1, 0.15) is 23.8 Å². The Morgan fingerprint density at radius 1 is 1.36 bits per heavy atom. The molecule has 3 aromatic heterocycles. The normalized spacial score (nSPS) is 24.8. The standard InChI is InChI=1S/C17H22ClN9O6/c1-3-17(15(30)31-4-2,14-23-25-26-24-14)32-5-7-9(28)10(29)13(33-7)27-6-20-8-11(19)21-16(18)22-12(8)27/h6-7,9-10,13,28-29H,3-5H2,1-2H3,(H2,19,21,22)(H,23,24,25,26)/t7-,9-,10-,13-,17?/m1/s1. The second-order valence-electron chi connectivity index (χ2n) is 7.21. The van der Waals surface area contributed by atoms with E-state index in [1.807, 2.05) is 0 Å². The van der Waals surface area contributed by atoms with Gasteiger partial charge in [0.15, 0.2) is 23.5 Å². The molecule has 15 nitrogen and oxygen atoms in total. The zero-order chi connectivity index (χ0) is 23.8. The minimum absolute atomic E-state index is 0.0375. The highest BCUT2D eigenvalue weighted by molar-refractivity contribution is 6.28. The summed E-state index contributed by atoms with van der Waals surface area (Å²) < 4.78 is 18.3. The number of hydrogen-bond acceptors (Lipinski definition) is 13. The number of H-pyrrole nitrogens is 1. The lowest BCUT2D eigenvalue weighted by molar-refractivity contribution is -0.184. The van der Waals surface area contributed by atoms with E-state index < -0.39 is 36.1 Å². The van der Waals surface area contributed by atoms with Crippen LogP contribution in [-0.2, 0) is 24.6 Å². The number of carbonyl (C=O) groups excluding carboxylic acids is 1. The average molecular weight is 484 g/mol. The van der Waals surface area contributed by atoms with Crippen molar-refractivity contribution in [1.29, 1.82) is 0 Å². The summed E-state index contributed by atoms with van der Waals surface area (Å²) in [5.41, 5.74) is 4.63. The number of anilines is 1. The Balaban J connectivity index is 1.58. The molecule has 5 N–H and O–H groups in total. The summed E-state index contributed by atoms with van der Waals surface area (Å²) in [4.78, 5) is 24.8. The molecule has 0 amide bonds. The van der Waals surface area contributed by atoms with Crippen LogP contribution in [0.2, 0.25) is 5.28 Å². The Bertz CT molecular complexity index is 1130. The number of nitrogen functional groups attached to an aromatic ring is 1. The number of imidazole rings is 1. The number of ether oxygens (including phenoxy) is 3. The van der Waals surface area contributed by atoms with Gasteiger partial charge >= 0.3 is 5.97 Å². The molecule has 33 heavy (non-hydrogen) atoms. The topological polar surface area (TPSA) is 209 Å². The number of nitrogens with one attached hydrogen (secondary N) is 1. The molecule has 0 aromatic carbocycles. The third kappa shape index (κ3) is 3.97. The molecule has 16 heteroatoms. The highest BCUT2D eigenvalue weighted by atomic mass is 35.5. The Morgan fingerprint density at radius 2 is 2.15 bits per heavy atom. The van der Waals surface area contributed by atoms with Gasteiger partial charge in [-0.2, -0.15) is 9.97 Å². The van der Waals surface area contributed by atoms with Crippen molar-refractivity contribution in [2.24, 2.45) is 0 Å². The van der Waals surface area contributed by atoms with E-state index in [1.165, 1.54) is 10.9 Å². The SMILES string of the molecule is CCOC(=O)C(CC)(OC[C@H]1O[C@@H](n2cnc3c(N)nc(Cl)nc32)[C@H](O)[C@@H]1O)c1nnn[nH]1. The van der Waals surface area contributed by atoms with Crippen LogP contribution in [0.3, 0.4) is 0 Å². The van der Waals surface area contributed by atoms with Gasteiger partial charge in [-0.3, -0.25) is 4.57 Å². The maximum Gasteiger partial charge on any atom is 0.346 e. The molecule has 0 spiro atoms. The van der Waals surface area contributed by atoms with E-state index >= 15 is 0 Å². The van der Waals surface area contributed by atoms with Crippen LogP contribution in [0.4, 0.5) is 5.82 Å². The van der Waals surface area contributed by atoms with Gasteiger partial charge in [-0.05, 0) is 35.4 Å². The number of halogens is 1. The molecule has 1 unspecified atom stereocenters. The molecule has 0 aliphatic carbocycles. The molecule has 1 aliphatic rings. The zero-order valence-corrected chi connectivity index (χ0v) is 18.4. The van der Waals surface area contributed by atoms with E-state index in [0.29, 0.717) is 0 Å². The first-order valence-electron chi connectivity index (χ1n) is 10.0. The highest BCUT2D eigenvalue weighted by Gasteiger charge is 2.49. The summed E-state index contributed by atoms with van der Waals surface area (Å²) in [6, 6.07) is 0. The van der Waals surface area contributed by atoms with Crippen molar-refractivity contribution in [2.45, 2.75) is 50.4 Å². The fraction of sp³-hybridized carbons (Fsp3) is 0.588. The molecule has 4 rings (SSSR count). The number of carbonyl (C=O) groups is 1. The third-order valence-corrected chi connectivity index (χ3v) is 5.53. The molecule has 0 bridgehead atoms. The van der Waals surface area contributed by atoms with Gasteiger partial charge in [0.2, 0.25) is 10.9 Å². The number of aliphatic hydroxyl groups is 2. The first-order chi connectivity index (χ1) is 15.8. The number of aliphatic hydroxyl groups excluding tert-OH is 2. The zero-order valence-electron chi connectivity index (χ0n) is 17.6. The van der Waals surface area contributed by atoms with Crippen molar-refractivity contribution in [3.05, 3.63) is 17.4 Å². The first-order valence-corrected chi connectivity index (χ1v) is 10.4. The number of fused-ring (bicyclic) bond motifs is 1. The number of aromatic amines is 1. The number of esters is 1. The van der Waals surface area contributed by atoms with Crippen LogP contribution >= 0.6 is 11.6 Å². The lowest BCUT2D eigenvalue weighted by atomic mass is 9.99. The molecule has 1 saturated heterocycles. The van der Waals surface area contributed by atoms with Crippen molar-refractivity contribution in [1.82, 2.24) is 40.1 Å². The molecular formula is C17H22ClN9O6. The predicted molar refractivity (Wildman–Crippen MR) is 109 cm³/mol. The van der Waals surface area contributed by atoms with Crippen LogP contribution in [0.15, 0.2) is 6.33 Å². The van der Waals surface area contributed by atoms with Crippen LogP contribution in [0, 0.1) is 0 Å². The van der Waals surface area contributed by atoms with Gasteiger partial charge in [0, 0.05) is 0 Å². The lowest BCUT2D eigenvalue weighted by Gasteiger charge is -2.29. The van der Waals surface area contributed by atoms with E-state index in [1.54, 1.807) is 13.8 Å². The van der Waals surface area contributed by atoms with Crippen molar-refractivity contribution < 1.29 is 29.2 Å². The number of rotatable bonds is 8. The number of aromatic nitrogens is 8. The smallest absolute Gasteiger partial charge is 0.346 e. The summed E-state index contributed by atoms with van der Waals surface area (Å²) in [5.74, 6) is -0.618.